The van der Waals surface area contributed by atoms with Gasteiger partial charge in [0.05, 0.1) is 16.7 Å². The number of fused-ring (bicyclic) bond motifs is 1. The number of carbonyl (C=O) groups excluding carboxylic acids is 1. The van der Waals surface area contributed by atoms with Crippen LogP contribution < -0.4 is 10.9 Å². The molecular formula is C18H25N3O2S. The fraction of sp³-hybridized carbons (Fsp3) is 0.500. The summed E-state index contributed by atoms with van der Waals surface area (Å²) in [6, 6.07) is 7.46. The first kappa shape index (κ1) is 18.5. The van der Waals surface area contributed by atoms with Crippen LogP contribution in [0.4, 0.5) is 0 Å². The van der Waals surface area contributed by atoms with Gasteiger partial charge in [-0.15, -0.1) is 0 Å². The van der Waals surface area contributed by atoms with Crippen molar-refractivity contribution in [1.82, 2.24) is 14.9 Å². The van der Waals surface area contributed by atoms with Crippen LogP contribution in [0.5, 0.6) is 0 Å². The van der Waals surface area contributed by atoms with Gasteiger partial charge in [0.25, 0.3) is 5.56 Å². The molecule has 24 heavy (non-hydrogen) atoms. The van der Waals surface area contributed by atoms with E-state index in [0.717, 1.165) is 6.42 Å². The molecule has 1 N–H and O–H groups in total. The normalized spacial score (nSPS) is 12.5. The number of aromatic nitrogens is 2. The van der Waals surface area contributed by atoms with E-state index in [1.54, 1.807) is 10.6 Å². The number of rotatable bonds is 7. The van der Waals surface area contributed by atoms with Gasteiger partial charge in [0.15, 0.2) is 5.16 Å². The summed E-state index contributed by atoms with van der Waals surface area (Å²) in [7, 11) is 0. The number of amides is 1. The molecule has 0 aliphatic rings. The number of nitrogens with zero attached hydrogens (tertiary/aromatic N) is 2. The predicted octanol–water partition coefficient (Wildman–Crippen LogP) is 3.06. The summed E-state index contributed by atoms with van der Waals surface area (Å²) in [5.41, 5.74) is 0.634. The van der Waals surface area contributed by atoms with Gasteiger partial charge in [-0.25, -0.2) is 4.98 Å². The van der Waals surface area contributed by atoms with E-state index in [0.29, 0.717) is 28.5 Å². The minimum Gasteiger partial charge on any atom is -0.353 e. The summed E-state index contributed by atoms with van der Waals surface area (Å²) in [4.78, 5) is 29.3. The lowest BCUT2D eigenvalue weighted by Crippen LogP contribution is -2.37. The number of nitrogens with one attached hydrogen (secondary N) is 1. The van der Waals surface area contributed by atoms with Crippen LogP contribution in [0.3, 0.4) is 0 Å². The van der Waals surface area contributed by atoms with E-state index < -0.39 is 0 Å². The summed E-state index contributed by atoms with van der Waals surface area (Å²) >= 11 is 1.32. The molecule has 1 heterocycles. The maximum atomic E-state index is 12.7. The van der Waals surface area contributed by atoms with Crippen molar-refractivity contribution in [2.24, 2.45) is 5.92 Å². The summed E-state index contributed by atoms with van der Waals surface area (Å²) < 4.78 is 1.67. The molecule has 0 saturated heterocycles. The van der Waals surface area contributed by atoms with Crippen LogP contribution >= 0.6 is 11.8 Å². The Morgan fingerprint density at radius 2 is 2.00 bits per heavy atom. The number of carbonyl (C=O) groups is 1. The quantitative estimate of drug-likeness (QED) is 0.617. The molecule has 130 valence electrons. The molecule has 1 atom stereocenters. The van der Waals surface area contributed by atoms with Gasteiger partial charge in [-0.3, -0.25) is 14.2 Å². The molecule has 0 aliphatic heterocycles. The van der Waals surface area contributed by atoms with Crippen molar-refractivity contribution in [3.05, 3.63) is 34.6 Å². The molecule has 1 amide bonds. The lowest BCUT2D eigenvalue weighted by molar-refractivity contribution is -0.119. The summed E-state index contributed by atoms with van der Waals surface area (Å²) in [5.74, 6) is 0.605. The van der Waals surface area contributed by atoms with Gasteiger partial charge in [-0.2, -0.15) is 0 Å². The van der Waals surface area contributed by atoms with Crippen molar-refractivity contribution >= 4 is 28.6 Å². The van der Waals surface area contributed by atoms with E-state index in [1.807, 2.05) is 32.0 Å². The number of hydrogen-bond acceptors (Lipinski definition) is 4. The van der Waals surface area contributed by atoms with E-state index in [9.17, 15) is 9.59 Å². The molecule has 1 aromatic carbocycles. The first-order chi connectivity index (χ1) is 11.4. The molecule has 0 fully saturated rings. The van der Waals surface area contributed by atoms with E-state index in [-0.39, 0.29) is 23.3 Å². The van der Waals surface area contributed by atoms with E-state index in [4.69, 9.17) is 0 Å². The minimum absolute atomic E-state index is 0.0355. The monoisotopic (exact) mass is 347 g/mol. The van der Waals surface area contributed by atoms with E-state index in [2.05, 4.69) is 24.1 Å². The highest BCUT2D eigenvalue weighted by molar-refractivity contribution is 7.99. The molecule has 5 nitrogen and oxygen atoms in total. The second-order valence-electron chi connectivity index (χ2n) is 6.26. The minimum atomic E-state index is -0.0408. The topological polar surface area (TPSA) is 64.0 Å². The molecular weight excluding hydrogens is 322 g/mol. The number of hydrogen-bond donors (Lipinski definition) is 1. The third-order valence-electron chi connectivity index (χ3n) is 3.99. The number of thioether (sulfide) groups is 1. The van der Waals surface area contributed by atoms with Gasteiger partial charge >= 0.3 is 0 Å². The van der Waals surface area contributed by atoms with Gasteiger partial charge in [0.2, 0.25) is 5.91 Å². The Bertz CT molecular complexity index is 770. The Labute approximate surface area is 146 Å². The lowest BCUT2D eigenvalue weighted by Gasteiger charge is -2.17. The zero-order valence-corrected chi connectivity index (χ0v) is 15.5. The number of para-hydroxylation sites is 1. The van der Waals surface area contributed by atoms with Crippen molar-refractivity contribution < 1.29 is 4.79 Å². The van der Waals surface area contributed by atoms with Crippen molar-refractivity contribution in [3.8, 4) is 0 Å². The SMILES string of the molecule is CCCn1c(SCC(=O)NC(C)C(C)C)nc2ccccc2c1=O. The molecule has 1 aromatic heterocycles. The third-order valence-corrected chi connectivity index (χ3v) is 4.97. The van der Waals surface area contributed by atoms with Gasteiger partial charge in [-0.05, 0) is 31.4 Å². The summed E-state index contributed by atoms with van der Waals surface area (Å²) in [6.45, 7) is 8.76. The Morgan fingerprint density at radius 1 is 1.29 bits per heavy atom. The lowest BCUT2D eigenvalue weighted by atomic mass is 10.1. The highest BCUT2D eigenvalue weighted by atomic mass is 32.2. The average Bonchev–Trinajstić information content (AvgIpc) is 2.56. The summed E-state index contributed by atoms with van der Waals surface area (Å²) in [5, 5.41) is 4.20. The van der Waals surface area contributed by atoms with Crippen LogP contribution in [0.15, 0.2) is 34.2 Å². The van der Waals surface area contributed by atoms with Gasteiger partial charge in [0, 0.05) is 12.6 Å². The third kappa shape index (κ3) is 4.38. The van der Waals surface area contributed by atoms with Crippen LogP contribution in [0.1, 0.15) is 34.1 Å². The van der Waals surface area contributed by atoms with Crippen LogP contribution in [-0.4, -0.2) is 27.3 Å². The van der Waals surface area contributed by atoms with Crippen molar-refractivity contribution in [2.75, 3.05) is 5.75 Å². The molecule has 0 spiro atoms. The predicted molar refractivity (Wildman–Crippen MR) is 99.5 cm³/mol. The molecule has 2 aromatic rings. The number of benzene rings is 1. The zero-order valence-electron chi connectivity index (χ0n) is 14.7. The van der Waals surface area contributed by atoms with Crippen LogP contribution in [0.2, 0.25) is 0 Å². The van der Waals surface area contributed by atoms with Crippen molar-refractivity contribution in [3.63, 3.8) is 0 Å². The highest BCUT2D eigenvalue weighted by Crippen LogP contribution is 2.18. The first-order valence-corrected chi connectivity index (χ1v) is 9.34. The standard InChI is InChI=1S/C18H25N3O2S/c1-5-10-21-17(23)14-8-6-7-9-15(14)20-18(21)24-11-16(22)19-13(4)12(2)3/h6-9,12-13H,5,10-11H2,1-4H3,(H,19,22). The van der Waals surface area contributed by atoms with Crippen molar-refractivity contribution in [2.45, 2.75) is 51.9 Å². The Kier molecular flexibility index (Phi) is 6.43. The molecule has 0 aliphatic carbocycles. The van der Waals surface area contributed by atoms with Crippen LogP contribution in [-0.2, 0) is 11.3 Å². The second-order valence-corrected chi connectivity index (χ2v) is 7.20. The largest absolute Gasteiger partial charge is 0.353 e. The van der Waals surface area contributed by atoms with Gasteiger partial charge in [0.1, 0.15) is 0 Å². The average molecular weight is 347 g/mol. The Balaban J connectivity index is 2.23. The molecule has 0 radical (unpaired) electrons. The Hall–Kier alpha value is -1.82. The van der Waals surface area contributed by atoms with E-state index in [1.165, 1.54) is 11.8 Å². The molecule has 2 rings (SSSR count). The highest BCUT2D eigenvalue weighted by Gasteiger charge is 2.14. The Morgan fingerprint density at radius 3 is 2.67 bits per heavy atom. The zero-order chi connectivity index (χ0) is 17.7. The van der Waals surface area contributed by atoms with Crippen LogP contribution in [0.25, 0.3) is 10.9 Å². The summed E-state index contributed by atoms with van der Waals surface area (Å²) in [6.07, 6.45) is 0.837. The van der Waals surface area contributed by atoms with Gasteiger partial charge in [-0.1, -0.05) is 44.7 Å². The molecule has 0 bridgehead atoms. The maximum absolute atomic E-state index is 12.7. The van der Waals surface area contributed by atoms with Crippen molar-refractivity contribution in [1.29, 1.82) is 0 Å². The fourth-order valence-electron chi connectivity index (χ4n) is 2.27. The van der Waals surface area contributed by atoms with E-state index >= 15 is 0 Å². The maximum Gasteiger partial charge on any atom is 0.262 e. The first-order valence-electron chi connectivity index (χ1n) is 8.35. The molecule has 0 saturated carbocycles. The molecule has 1 unspecified atom stereocenters. The van der Waals surface area contributed by atoms with Gasteiger partial charge < -0.3 is 5.32 Å². The molecule has 6 heteroatoms. The second kappa shape index (κ2) is 8.33. The smallest absolute Gasteiger partial charge is 0.262 e. The fourth-order valence-corrected chi connectivity index (χ4v) is 3.11. The van der Waals surface area contributed by atoms with Crippen LogP contribution in [0, 0.1) is 5.92 Å².